The van der Waals surface area contributed by atoms with Crippen LogP contribution >= 0.6 is 24.8 Å². The molecule has 1 aromatic rings. The summed E-state index contributed by atoms with van der Waals surface area (Å²) in [7, 11) is 0. The minimum Gasteiger partial charge on any atom is -0.387 e. The van der Waals surface area contributed by atoms with Gasteiger partial charge in [-0.15, -0.1) is 24.8 Å². The number of unbranched alkanes of at least 4 members (excludes halogenated alkanes) is 1. The van der Waals surface area contributed by atoms with E-state index in [1.165, 1.54) is 18.4 Å². The molecule has 1 atom stereocenters. The molecule has 1 aliphatic heterocycles. The van der Waals surface area contributed by atoms with E-state index in [4.69, 9.17) is 0 Å². The van der Waals surface area contributed by atoms with Gasteiger partial charge < -0.3 is 10.4 Å². The Kier molecular flexibility index (Phi) is 11.6. The first-order valence-electron chi connectivity index (χ1n) is 8.09. The van der Waals surface area contributed by atoms with E-state index < -0.39 is 5.60 Å². The first kappa shape index (κ1) is 22.4. The van der Waals surface area contributed by atoms with Crippen molar-refractivity contribution in [2.24, 2.45) is 0 Å². The molecule has 132 valence electrons. The number of β-amino-alcohol motifs (C(OH)–C–C–N with tert-alkyl or cyclic N) is 1. The van der Waals surface area contributed by atoms with Gasteiger partial charge in [0, 0.05) is 19.6 Å². The van der Waals surface area contributed by atoms with E-state index in [0.29, 0.717) is 0 Å². The summed E-state index contributed by atoms with van der Waals surface area (Å²) >= 11 is 0. The first-order chi connectivity index (χ1) is 10.2. The van der Waals surface area contributed by atoms with Crippen LogP contribution in [0.4, 0.5) is 0 Å². The van der Waals surface area contributed by atoms with Crippen LogP contribution in [0.3, 0.4) is 0 Å². The number of benzene rings is 1. The van der Waals surface area contributed by atoms with E-state index in [-0.39, 0.29) is 24.8 Å². The lowest BCUT2D eigenvalue weighted by atomic mass is 10.0. The molecule has 0 amide bonds. The zero-order valence-corrected chi connectivity index (χ0v) is 15.5. The van der Waals surface area contributed by atoms with Gasteiger partial charge in [0.15, 0.2) is 0 Å². The number of rotatable bonds is 8. The van der Waals surface area contributed by atoms with Crippen molar-refractivity contribution in [1.82, 2.24) is 10.2 Å². The maximum absolute atomic E-state index is 10.5. The molecule has 0 aromatic heterocycles. The van der Waals surface area contributed by atoms with Crippen molar-refractivity contribution < 1.29 is 5.11 Å². The molecule has 23 heavy (non-hydrogen) atoms. The molecule has 1 saturated heterocycles. The normalized spacial score (nSPS) is 20.5. The highest BCUT2D eigenvalue weighted by Crippen LogP contribution is 2.16. The third kappa shape index (κ3) is 8.18. The lowest BCUT2D eigenvalue weighted by Crippen LogP contribution is -2.45. The summed E-state index contributed by atoms with van der Waals surface area (Å²) in [6.07, 6.45) is 7.60. The highest BCUT2D eigenvalue weighted by molar-refractivity contribution is 5.85. The van der Waals surface area contributed by atoms with E-state index in [1.807, 2.05) is 6.07 Å². The molecule has 2 rings (SSSR count). The molecular formula is C18H30Cl2N2O. The van der Waals surface area contributed by atoms with Crippen molar-refractivity contribution in [1.29, 1.82) is 0 Å². The Balaban J connectivity index is 0.00000242. The number of aliphatic hydroxyl groups is 1. The number of nitrogens with one attached hydrogen (secondary N) is 1. The third-order valence-electron chi connectivity index (χ3n) is 4.04. The fourth-order valence-electron chi connectivity index (χ4n) is 2.80. The summed E-state index contributed by atoms with van der Waals surface area (Å²) in [6, 6.07) is 10.4. The molecule has 1 aromatic carbocycles. The standard InChI is InChI=1S/C18H28N2O.2ClH/c1-2-3-13-20(16-18(21)11-12-19-15-18)14-7-10-17-8-5-4-6-9-17;;/h4-10,19,21H,2-3,11-16H2,1H3;2*1H. The maximum Gasteiger partial charge on any atom is 0.0909 e. The summed E-state index contributed by atoms with van der Waals surface area (Å²) in [6.45, 7) is 6.58. The zero-order chi connectivity index (χ0) is 15.0. The Labute approximate surface area is 153 Å². The summed E-state index contributed by atoms with van der Waals surface area (Å²) < 4.78 is 0. The topological polar surface area (TPSA) is 35.5 Å². The van der Waals surface area contributed by atoms with Gasteiger partial charge in [-0.3, -0.25) is 4.90 Å². The quantitative estimate of drug-likeness (QED) is 0.745. The van der Waals surface area contributed by atoms with E-state index in [2.05, 4.69) is 53.6 Å². The van der Waals surface area contributed by atoms with Gasteiger partial charge in [0.05, 0.1) is 5.60 Å². The van der Waals surface area contributed by atoms with Gasteiger partial charge in [-0.1, -0.05) is 55.8 Å². The molecule has 0 aliphatic carbocycles. The fourth-order valence-corrected chi connectivity index (χ4v) is 2.80. The Morgan fingerprint density at radius 1 is 1.26 bits per heavy atom. The van der Waals surface area contributed by atoms with Gasteiger partial charge >= 0.3 is 0 Å². The van der Waals surface area contributed by atoms with E-state index in [1.54, 1.807) is 0 Å². The van der Waals surface area contributed by atoms with Crippen LogP contribution in [-0.2, 0) is 0 Å². The van der Waals surface area contributed by atoms with Crippen LogP contribution in [0.2, 0.25) is 0 Å². The van der Waals surface area contributed by atoms with E-state index in [9.17, 15) is 5.11 Å². The van der Waals surface area contributed by atoms with Crippen molar-refractivity contribution in [3.63, 3.8) is 0 Å². The van der Waals surface area contributed by atoms with Gasteiger partial charge in [-0.2, -0.15) is 0 Å². The van der Waals surface area contributed by atoms with E-state index >= 15 is 0 Å². The highest BCUT2D eigenvalue weighted by atomic mass is 35.5. The van der Waals surface area contributed by atoms with Gasteiger partial charge in [0.1, 0.15) is 0 Å². The molecular weight excluding hydrogens is 331 g/mol. The number of hydrogen-bond acceptors (Lipinski definition) is 3. The minimum atomic E-state index is -0.547. The SMILES string of the molecule is CCCCN(CC=Cc1ccccc1)CC1(O)CCNC1.Cl.Cl. The van der Waals surface area contributed by atoms with Gasteiger partial charge in [-0.25, -0.2) is 0 Å². The molecule has 0 radical (unpaired) electrons. The monoisotopic (exact) mass is 360 g/mol. The summed E-state index contributed by atoms with van der Waals surface area (Å²) in [5.74, 6) is 0. The summed E-state index contributed by atoms with van der Waals surface area (Å²) in [5.41, 5.74) is 0.683. The number of halogens is 2. The molecule has 2 N–H and O–H groups in total. The van der Waals surface area contributed by atoms with Gasteiger partial charge in [0.25, 0.3) is 0 Å². The molecule has 1 heterocycles. The second-order valence-electron chi connectivity index (χ2n) is 6.05. The molecule has 1 aliphatic rings. The van der Waals surface area contributed by atoms with Crippen LogP contribution in [-0.4, -0.2) is 48.3 Å². The number of nitrogens with zero attached hydrogens (tertiary/aromatic N) is 1. The predicted octanol–water partition coefficient (Wildman–Crippen LogP) is 3.37. The van der Waals surface area contributed by atoms with Crippen LogP contribution < -0.4 is 5.32 Å². The Morgan fingerprint density at radius 3 is 2.61 bits per heavy atom. The smallest absolute Gasteiger partial charge is 0.0909 e. The van der Waals surface area contributed by atoms with Crippen LogP contribution in [0.25, 0.3) is 6.08 Å². The van der Waals surface area contributed by atoms with Crippen molar-refractivity contribution in [2.45, 2.75) is 31.8 Å². The molecule has 5 heteroatoms. The van der Waals surface area contributed by atoms with Crippen LogP contribution in [0.1, 0.15) is 31.7 Å². The van der Waals surface area contributed by atoms with Crippen molar-refractivity contribution >= 4 is 30.9 Å². The lowest BCUT2D eigenvalue weighted by molar-refractivity contribution is 0.0239. The Bertz CT molecular complexity index is 434. The van der Waals surface area contributed by atoms with Crippen molar-refractivity contribution in [2.75, 3.05) is 32.7 Å². The van der Waals surface area contributed by atoms with Gasteiger partial charge in [0.2, 0.25) is 0 Å². The maximum atomic E-state index is 10.5. The average molecular weight is 361 g/mol. The average Bonchev–Trinajstić information content (AvgIpc) is 2.92. The fraction of sp³-hybridized carbons (Fsp3) is 0.556. The first-order valence-corrected chi connectivity index (χ1v) is 8.09. The number of hydrogen-bond donors (Lipinski definition) is 2. The zero-order valence-electron chi connectivity index (χ0n) is 13.9. The molecule has 0 bridgehead atoms. The van der Waals surface area contributed by atoms with Crippen LogP contribution in [0, 0.1) is 0 Å². The van der Waals surface area contributed by atoms with Crippen molar-refractivity contribution in [3.05, 3.63) is 42.0 Å². The predicted molar refractivity (Wildman–Crippen MR) is 104 cm³/mol. The molecule has 0 saturated carbocycles. The minimum absolute atomic E-state index is 0. The highest BCUT2D eigenvalue weighted by Gasteiger charge is 2.32. The molecule has 1 fully saturated rings. The second-order valence-corrected chi connectivity index (χ2v) is 6.05. The van der Waals surface area contributed by atoms with Gasteiger partial charge in [-0.05, 0) is 31.5 Å². The Hall–Kier alpha value is -0.580. The molecule has 1 unspecified atom stereocenters. The van der Waals surface area contributed by atoms with Crippen LogP contribution in [0.15, 0.2) is 36.4 Å². The lowest BCUT2D eigenvalue weighted by Gasteiger charge is -2.30. The summed E-state index contributed by atoms with van der Waals surface area (Å²) in [5, 5.41) is 13.8. The third-order valence-corrected chi connectivity index (χ3v) is 4.04. The van der Waals surface area contributed by atoms with Crippen LogP contribution in [0.5, 0.6) is 0 Å². The molecule has 3 nitrogen and oxygen atoms in total. The second kappa shape index (κ2) is 11.9. The Morgan fingerprint density at radius 2 is 2.00 bits per heavy atom. The largest absolute Gasteiger partial charge is 0.387 e. The van der Waals surface area contributed by atoms with E-state index in [0.717, 1.165) is 39.1 Å². The summed E-state index contributed by atoms with van der Waals surface area (Å²) in [4.78, 5) is 2.37. The molecule has 0 spiro atoms. The van der Waals surface area contributed by atoms with Crippen molar-refractivity contribution in [3.8, 4) is 0 Å².